The van der Waals surface area contributed by atoms with Gasteiger partial charge < -0.3 is 4.57 Å². The van der Waals surface area contributed by atoms with Gasteiger partial charge >= 0.3 is 0 Å². The van der Waals surface area contributed by atoms with Crippen molar-refractivity contribution in [3.05, 3.63) is 58.5 Å². The van der Waals surface area contributed by atoms with Crippen molar-refractivity contribution in [1.29, 1.82) is 0 Å². The van der Waals surface area contributed by atoms with Crippen molar-refractivity contribution in [1.82, 2.24) is 4.57 Å². The molecule has 17 heavy (non-hydrogen) atoms. The molecule has 0 atom stereocenters. The number of aryl methyl sites for hydroxylation is 1. The number of nitrogens with zero attached hydrogens (tertiary/aromatic N) is 1. The molecular formula is C14H14BrNO. The van der Waals surface area contributed by atoms with Gasteiger partial charge in [-0.25, -0.2) is 0 Å². The highest BCUT2D eigenvalue weighted by Gasteiger charge is 2.04. The van der Waals surface area contributed by atoms with E-state index < -0.39 is 0 Å². The van der Waals surface area contributed by atoms with E-state index in [-0.39, 0.29) is 5.56 Å². The molecule has 0 saturated carbocycles. The fraction of sp³-hybridized carbons (Fsp3) is 0.214. The van der Waals surface area contributed by atoms with Crippen molar-refractivity contribution in [2.24, 2.45) is 0 Å². The molecule has 0 saturated heterocycles. The van der Waals surface area contributed by atoms with Crippen molar-refractivity contribution >= 4 is 15.9 Å². The zero-order valence-corrected chi connectivity index (χ0v) is 11.3. The average Bonchev–Trinajstić information content (AvgIpc) is 2.39. The second-order valence-corrected chi connectivity index (χ2v) is 4.40. The van der Waals surface area contributed by atoms with Gasteiger partial charge in [-0.15, -0.1) is 0 Å². The molecular weight excluding hydrogens is 278 g/mol. The summed E-state index contributed by atoms with van der Waals surface area (Å²) in [6, 6.07) is 11.8. The van der Waals surface area contributed by atoms with Crippen LogP contribution >= 0.6 is 15.9 Å². The van der Waals surface area contributed by atoms with E-state index in [1.165, 1.54) is 5.56 Å². The first-order chi connectivity index (χ1) is 8.26. The molecule has 0 fully saturated rings. The van der Waals surface area contributed by atoms with Gasteiger partial charge in [-0.1, -0.05) is 40.2 Å². The van der Waals surface area contributed by atoms with Gasteiger partial charge in [0.05, 0.1) is 0 Å². The summed E-state index contributed by atoms with van der Waals surface area (Å²) in [6.45, 7) is 2.67. The maximum Gasteiger partial charge on any atom is 0.258 e. The van der Waals surface area contributed by atoms with Gasteiger partial charge in [0.25, 0.3) is 5.56 Å². The van der Waals surface area contributed by atoms with Crippen LogP contribution in [-0.4, -0.2) is 4.57 Å². The predicted molar refractivity (Wildman–Crippen MR) is 74.4 cm³/mol. The summed E-state index contributed by atoms with van der Waals surface area (Å²) < 4.78 is 1.72. The average molecular weight is 292 g/mol. The number of pyridine rings is 1. The van der Waals surface area contributed by atoms with E-state index >= 15 is 0 Å². The summed E-state index contributed by atoms with van der Waals surface area (Å²) in [5.74, 6) is 0. The van der Waals surface area contributed by atoms with E-state index in [4.69, 9.17) is 0 Å². The van der Waals surface area contributed by atoms with Crippen molar-refractivity contribution < 1.29 is 0 Å². The smallest absolute Gasteiger partial charge is 0.258 e. The number of rotatable bonds is 3. The van der Waals surface area contributed by atoms with E-state index in [0.29, 0.717) is 6.54 Å². The van der Waals surface area contributed by atoms with Crippen LogP contribution in [0.4, 0.5) is 0 Å². The largest absolute Gasteiger partial charge is 0.315 e. The number of hydrogen-bond donors (Lipinski definition) is 0. The molecule has 0 aliphatic carbocycles. The maximum absolute atomic E-state index is 12.1. The SMILES string of the molecule is CCn1cccc(-c2ccc(CBr)cc2)c1=O. The van der Waals surface area contributed by atoms with Gasteiger partial charge in [-0.05, 0) is 30.2 Å². The van der Waals surface area contributed by atoms with Gasteiger partial charge in [-0.2, -0.15) is 0 Å². The summed E-state index contributed by atoms with van der Waals surface area (Å²) in [5, 5.41) is 0.835. The standard InChI is InChI=1S/C14H14BrNO/c1-2-16-9-3-4-13(14(16)17)12-7-5-11(10-15)6-8-12/h3-9H,2,10H2,1H3. The minimum atomic E-state index is 0.0709. The zero-order chi connectivity index (χ0) is 12.3. The summed E-state index contributed by atoms with van der Waals surface area (Å²) in [5.41, 5.74) is 3.01. The van der Waals surface area contributed by atoms with Gasteiger partial charge in [-0.3, -0.25) is 4.79 Å². The van der Waals surface area contributed by atoms with Crippen LogP contribution < -0.4 is 5.56 Å². The molecule has 2 nitrogen and oxygen atoms in total. The molecule has 1 aromatic carbocycles. The highest BCUT2D eigenvalue weighted by Crippen LogP contribution is 2.17. The first-order valence-electron chi connectivity index (χ1n) is 5.61. The summed E-state index contributed by atoms with van der Waals surface area (Å²) in [7, 11) is 0. The summed E-state index contributed by atoms with van der Waals surface area (Å²) >= 11 is 3.41. The predicted octanol–water partition coefficient (Wildman–Crippen LogP) is 3.43. The molecule has 0 aliphatic heterocycles. The van der Waals surface area contributed by atoms with E-state index in [2.05, 4.69) is 15.9 Å². The minimum absolute atomic E-state index is 0.0709. The van der Waals surface area contributed by atoms with Crippen LogP contribution in [0.25, 0.3) is 11.1 Å². The molecule has 0 amide bonds. The Balaban J connectivity index is 2.49. The maximum atomic E-state index is 12.1. The lowest BCUT2D eigenvalue weighted by Gasteiger charge is -2.06. The Morgan fingerprint density at radius 1 is 1.18 bits per heavy atom. The molecule has 1 heterocycles. The second-order valence-electron chi connectivity index (χ2n) is 3.84. The molecule has 2 aromatic rings. The molecule has 88 valence electrons. The quantitative estimate of drug-likeness (QED) is 0.794. The minimum Gasteiger partial charge on any atom is -0.315 e. The third-order valence-corrected chi connectivity index (χ3v) is 3.43. The molecule has 0 N–H and O–H groups in total. The Morgan fingerprint density at radius 3 is 2.47 bits per heavy atom. The number of halogens is 1. The molecule has 1 aromatic heterocycles. The molecule has 0 spiro atoms. The second kappa shape index (κ2) is 5.32. The fourth-order valence-electron chi connectivity index (χ4n) is 1.78. The van der Waals surface area contributed by atoms with Gasteiger partial charge in [0.1, 0.15) is 0 Å². The van der Waals surface area contributed by atoms with Crippen LogP contribution in [0, 0.1) is 0 Å². The topological polar surface area (TPSA) is 22.0 Å². The Labute approximate surface area is 109 Å². The van der Waals surface area contributed by atoms with Crippen molar-refractivity contribution in [3.63, 3.8) is 0 Å². The molecule has 0 radical (unpaired) electrons. The number of benzene rings is 1. The van der Waals surface area contributed by atoms with Crippen LogP contribution in [-0.2, 0) is 11.9 Å². The molecule has 0 aliphatic rings. The first kappa shape index (κ1) is 12.1. The Kier molecular flexibility index (Phi) is 3.79. The number of hydrogen-bond acceptors (Lipinski definition) is 1. The third kappa shape index (κ3) is 2.50. The number of aromatic nitrogens is 1. The molecule has 0 unspecified atom stereocenters. The van der Waals surface area contributed by atoms with Gasteiger partial charge in [0.15, 0.2) is 0 Å². The summed E-state index contributed by atoms with van der Waals surface area (Å²) in [4.78, 5) is 12.1. The molecule has 0 bridgehead atoms. The van der Waals surface area contributed by atoms with Crippen LogP contribution in [0.3, 0.4) is 0 Å². The van der Waals surface area contributed by atoms with Gasteiger partial charge in [0, 0.05) is 23.6 Å². The van der Waals surface area contributed by atoms with E-state index in [1.54, 1.807) is 4.57 Å². The lowest BCUT2D eigenvalue weighted by Crippen LogP contribution is -2.19. The molecule has 3 heteroatoms. The third-order valence-electron chi connectivity index (χ3n) is 2.78. The molecule has 2 rings (SSSR count). The Hall–Kier alpha value is -1.35. The zero-order valence-electron chi connectivity index (χ0n) is 9.69. The van der Waals surface area contributed by atoms with E-state index in [1.807, 2.05) is 49.5 Å². The Morgan fingerprint density at radius 2 is 1.88 bits per heavy atom. The van der Waals surface area contributed by atoms with Crippen LogP contribution in [0.5, 0.6) is 0 Å². The van der Waals surface area contributed by atoms with Crippen LogP contribution in [0.1, 0.15) is 12.5 Å². The lowest BCUT2D eigenvalue weighted by molar-refractivity contribution is 0.729. The monoisotopic (exact) mass is 291 g/mol. The normalized spacial score (nSPS) is 10.5. The highest BCUT2D eigenvalue weighted by molar-refractivity contribution is 9.08. The van der Waals surface area contributed by atoms with Gasteiger partial charge in [0.2, 0.25) is 0 Å². The lowest BCUT2D eigenvalue weighted by atomic mass is 10.1. The van der Waals surface area contributed by atoms with Crippen molar-refractivity contribution in [2.75, 3.05) is 0 Å². The van der Waals surface area contributed by atoms with Crippen LogP contribution in [0.2, 0.25) is 0 Å². The Bertz CT molecular complexity index is 557. The summed E-state index contributed by atoms with van der Waals surface area (Å²) in [6.07, 6.45) is 1.82. The fourth-order valence-corrected chi connectivity index (χ4v) is 2.15. The first-order valence-corrected chi connectivity index (χ1v) is 6.73. The van der Waals surface area contributed by atoms with Crippen molar-refractivity contribution in [2.45, 2.75) is 18.8 Å². The van der Waals surface area contributed by atoms with Crippen molar-refractivity contribution in [3.8, 4) is 11.1 Å². The van der Waals surface area contributed by atoms with E-state index in [9.17, 15) is 4.79 Å². The van der Waals surface area contributed by atoms with Crippen LogP contribution in [0.15, 0.2) is 47.4 Å². The van der Waals surface area contributed by atoms with E-state index in [0.717, 1.165) is 16.5 Å². The highest BCUT2D eigenvalue weighted by atomic mass is 79.9. The number of alkyl halides is 1.